The van der Waals surface area contributed by atoms with Crippen LogP contribution >= 0.6 is 8.17 Å². The van der Waals surface area contributed by atoms with Crippen LogP contribution < -0.4 is 5.32 Å². The Kier molecular flexibility index (Phi) is 9.21. The number of carbonyl (C=O) groups is 3. The van der Waals surface area contributed by atoms with Crippen molar-refractivity contribution in [2.24, 2.45) is 10.8 Å². The second-order valence-electron chi connectivity index (χ2n) is 9.01. The van der Waals surface area contributed by atoms with E-state index in [0.29, 0.717) is 5.82 Å². The van der Waals surface area contributed by atoms with E-state index in [-0.39, 0.29) is 26.2 Å². The molecule has 1 aromatic rings. The number of nitrogens with one attached hydrogen (secondary N) is 1. The van der Waals surface area contributed by atoms with Gasteiger partial charge in [-0.2, -0.15) is 0 Å². The van der Waals surface area contributed by atoms with Crippen LogP contribution in [0.2, 0.25) is 0 Å². The lowest BCUT2D eigenvalue weighted by molar-refractivity contribution is -0.165. The maximum absolute atomic E-state index is 12.7. The van der Waals surface area contributed by atoms with Gasteiger partial charge in [0.15, 0.2) is 18.5 Å². The molecule has 1 aliphatic rings. The number of rotatable bonds is 9. The fraction of sp³-hybridized carbons (Fsp3) is 0.650. The lowest BCUT2D eigenvalue weighted by Gasteiger charge is -2.43. The molecule has 0 aromatic carbocycles. The molecule has 2 atom stereocenters. The van der Waals surface area contributed by atoms with Crippen LogP contribution in [0.15, 0.2) is 18.5 Å². The Balaban J connectivity index is 1.81. The molecule has 13 heteroatoms. The molecule has 1 radical (unpaired) electrons. The Labute approximate surface area is 193 Å². The Morgan fingerprint density at radius 3 is 2.55 bits per heavy atom. The second kappa shape index (κ2) is 11.3. The van der Waals surface area contributed by atoms with E-state index >= 15 is 0 Å². The normalized spacial score (nSPS) is 22.3. The SMILES string of the molecule is CC(C)(C)C(=O)OCO[P]1(O)OCC(C)(C)[C@H](C(=O)NCCC(=O)OCc2ncccn2)O1. The Hall–Kier alpha value is -2.24. The molecular weight excluding hydrogens is 457 g/mol. The van der Waals surface area contributed by atoms with E-state index < -0.39 is 49.7 Å². The van der Waals surface area contributed by atoms with Gasteiger partial charge in [0.1, 0.15) is 0 Å². The van der Waals surface area contributed by atoms with E-state index in [1.807, 2.05) is 0 Å². The van der Waals surface area contributed by atoms with Gasteiger partial charge < -0.3 is 19.7 Å². The molecule has 12 nitrogen and oxygen atoms in total. The van der Waals surface area contributed by atoms with Crippen LogP contribution in [0.25, 0.3) is 0 Å². The van der Waals surface area contributed by atoms with Crippen molar-refractivity contribution in [3.8, 4) is 0 Å². The summed E-state index contributed by atoms with van der Waals surface area (Å²) in [5.41, 5.74) is -1.55. The molecule has 0 aliphatic carbocycles. The van der Waals surface area contributed by atoms with E-state index in [4.69, 9.17) is 23.0 Å². The highest BCUT2D eigenvalue weighted by atomic mass is 31.2. The van der Waals surface area contributed by atoms with Crippen LogP contribution in [-0.2, 0) is 44.0 Å². The molecule has 2 heterocycles. The third-order valence-electron chi connectivity index (χ3n) is 4.41. The minimum Gasteiger partial charge on any atom is -0.457 e. The van der Waals surface area contributed by atoms with Crippen molar-refractivity contribution in [3.63, 3.8) is 0 Å². The monoisotopic (exact) mass is 488 g/mol. The minimum absolute atomic E-state index is 0.00889. The number of hydrogen-bond donors (Lipinski definition) is 2. The van der Waals surface area contributed by atoms with Crippen LogP contribution in [0.4, 0.5) is 0 Å². The molecule has 1 aromatic heterocycles. The number of hydrogen-bond acceptors (Lipinski definition) is 11. The van der Waals surface area contributed by atoms with Crippen LogP contribution in [0.1, 0.15) is 46.9 Å². The summed E-state index contributed by atoms with van der Waals surface area (Å²) in [4.78, 5) is 54.8. The van der Waals surface area contributed by atoms with Crippen LogP contribution in [0, 0.1) is 10.8 Å². The highest BCUT2D eigenvalue weighted by Gasteiger charge is 2.50. The van der Waals surface area contributed by atoms with E-state index in [0.717, 1.165) is 0 Å². The van der Waals surface area contributed by atoms with Gasteiger partial charge in [-0.05, 0) is 26.8 Å². The Bertz CT molecular complexity index is 832. The van der Waals surface area contributed by atoms with Crippen molar-refractivity contribution < 1.29 is 42.3 Å². The first kappa shape index (κ1) is 27.0. The summed E-state index contributed by atoms with van der Waals surface area (Å²) in [5, 5.41) is 2.58. The number of carbonyl (C=O) groups excluding carboxylic acids is 3. The van der Waals surface area contributed by atoms with Crippen molar-refractivity contribution in [3.05, 3.63) is 24.3 Å². The maximum atomic E-state index is 12.7. The zero-order valence-corrected chi connectivity index (χ0v) is 20.3. The molecular formula is C20H31N3O9P. The van der Waals surface area contributed by atoms with Gasteiger partial charge in [-0.25, -0.2) is 9.97 Å². The summed E-state index contributed by atoms with van der Waals surface area (Å²) in [6.07, 6.45) is 1.86. The summed E-state index contributed by atoms with van der Waals surface area (Å²) in [6, 6.07) is 1.65. The average Bonchev–Trinajstić information content (AvgIpc) is 2.74. The zero-order valence-electron chi connectivity index (χ0n) is 19.4. The summed E-state index contributed by atoms with van der Waals surface area (Å²) in [6.45, 7) is 7.73. The van der Waals surface area contributed by atoms with Crippen molar-refractivity contribution in [2.75, 3.05) is 19.9 Å². The molecule has 1 amide bonds. The van der Waals surface area contributed by atoms with Gasteiger partial charge in [0.2, 0.25) is 12.7 Å². The van der Waals surface area contributed by atoms with Crippen LogP contribution in [0.3, 0.4) is 0 Å². The van der Waals surface area contributed by atoms with Gasteiger partial charge >= 0.3 is 20.1 Å². The third-order valence-corrected chi connectivity index (χ3v) is 5.78. The molecule has 0 saturated carbocycles. The molecule has 0 spiro atoms. The number of aromatic nitrogens is 2. The van der Waals surface area contributed by atoms with Gasteiger partial charge in [-0.3, -0.25) is 28.0 Å². The van der Waals surface area contributed by atoms with Gasteiger partial charge in [0.05, 0.1) is 18.4 Å². The summed E-state index contributed by atoms with van der Waals surface area (Å²) in [7, 11) is -3.90. The van der Waals surface area contributed by atoms with Gasteiger partial charge in [0.25, 0.3) is 0 Å². The lowest BCUT2D eigenvalue weighted by atomic mass is 9.87. The predicted octanol–water partition coefficient (Wildman–Crippen LogP) is 1.70. The number of ether oxygens (including phenoxy) is 2. The maximum Gasteiger partial charge on any atom is 0.381 e. The highest BCUT2D eigenvalue weighted by Crippen LogP contribution is 2.63. The third kappa shape index (κ3) is 8.56. The highest BCUT2D eigenvalue weighted by molar-refractivity contribution is 7.55. The van der Waals surface area contributed by atoms with E-state index in [2.05, 4.69) is 15.3 Å². The minimum atomic E-state index is -3.90. The van der Waals surface area contributed by atoms with E-state index in [1.54, 1.807) is 40.7 Å². The second-order valence-corrected chi connectivity index (χ2v) is 10.7. The first-order valence-corrected chi connectivity index (χ1v) is 11.8. The Morgan fingerprint density at radius 1 is 1.24 bits per heavy atom. The Morgan fingerprint density at radius 2 is 1.91 bits per heavy atom. The first-order valence-electron chi connectivity index (χ1n) is 10.3. The fourth-order valence-corrected chi connectivity index (χ4v) is 3.99. The molecule has 33 heavy (non-hydrogen) atoms. The van der Waals surface area contributed by atoms with E-state index in [9.17, 15) is 19.3 Å². The average molecular weight is 488 g/mol. The van der Waals surface area contributed by atoms with E-state index in [1.165, 1.54) is 12.4 Å². The van der Waals surface area contributed by atoms with Crippen LogP contribution in [0.5, 0.6) is 0 Å². The van der Waals surface area contributed by atoms with Crippen molar-refractivity contribution in [1.82, 2.24) is 15.3 Å². The molecule has 2 N–H and O–H groups in total. The molecule has 185 valence electrons. The summed E-state index contributed by atoms with van der Waals surface area (Å²) in [5.74, 6) is -1.27. The van der Waals surface area contributed by atoms with Gasteiger partial charge in [-0.15, -0.1) is 0 Å². The van der Waals surface area contributed by atoms with Crippen molar-refractivity contribution >= 4 is 26.0 Å². The lowest BCUT2D eigenvalue weighted by Crippen LogP contribution is -2.50. The predicted molar refractivity (Wildman–Crippen MR) is 115 cm³/mol. The number of amides is 1. The molecule has 1 aliphatic heterocycles. The van der Waals surface area contributed by atoms with Gasteiger partial charge in [0, 0.05) is 24.4 Å². The number of esters is 2. The van der Waals surface area contributed by atoms with Crippen LogP contribution in [-0.4, -0.2) is 58.8 Å². The topological polar surface area (TPSA) is 155 Å². The first-order chi connectivity index (χ1) is 15.3. The molecule has 1 fully saturated rings. The quantitative estimate of drug-likeness (QED) is 0.296. The molecule has 1 unspecified atom stereocenters. The summed E-state index contributed by atoms with van der Waals surface area (Å²) < 4.78 is 25.9. The van der Waals surface area contributed by atoms with Crippen molar-refractivity contribution in [1.29, 1.82) is 0 Å². The van der Waals surface area contributed by atoms with Crippen molar-refractivity contribution in [2.45, 2.75) is 53.8 Å². The summed E-state index contributed by atoms with van der Waals surface area (Å²) >= 11 is 0. The van der Waals surface area contributed by atoms with Gasteiger partial charge in [-0.1, -0.05) is 13.8 Å². The number of nitrogens with zero attached hydrogens (tertiary/aromatic N) is 2. The molecule has 2 rings (SSSR count). The standard InChI is InChI=1S/C20H31N3O9P/c1-19(2,3)18(26)29-13-31-33(27)30-12-20(4,5)16(32-33)17(25)23-10-7-15(24)28-11-14-21-8-6-9-22-14/h6,8-9,16,27H,7,10-13H2,1-5H3,(H,23,25)/t16-/m0/s1. The smallest absolute Gasteiger partial charge is 0.381 e. The largest absolute Gasteiger partial charge is 0.457 e. The zero-order chi connectivity index (χ0) is 24.7. The molecule has 1 saturated heterocycles. The fourth-order valence-electron chi connectivity index (χ4n) is 2.47. The molecule has 0 bridgehead atoms.